The lowest BCUT2D eigenvalue weighted by Crippen LogP contribution is -2.06. The van der Waals surface area contributed by atoms with Crippen molar-refractivity contribution in [3.63, 3.8) is 0 Å². The monoisotopic (exact) mass is 261 g/mol. The molecule has 0 unspecified atom stereocenters. The molecule has 1 aromatic heterocycles. The van der Waals surface area contributed by atoms with Crippen LogP contribution in [0.2, 0.25) is 0 Å². The lowest BCUT2D eigenvalue weighted by molar-refractivity contribution is 0.406. The van der Waals surface area contributed by atoms with Gasteiger partial charge in [0.15, 0.2) is 11.3 Å². The minimum Gasteiger partial charge on any atom is -0.493 e. The molecule has 1 heterocycles. The number of ether oxygens (including phenoxy) is 1. The molecule has 0 aliphatic rings. The first kappa shape index (κ1) is 13.9. The van der Waals surface area contributed by atoms with E-state index in [1.165, 1.54) is 16.5 Å². The fraction of sp³-hybridized carbons (Fsp3) is 0.500. The first-order valence-electron chi connectivity index (χ1n) is 6.89. The number of nitrogens with one attached hydrogen (secondary N) is 1. The van der Waals surface area contributed by atoms with Crippen molar-refractivity contribution in [1.29, 1.82) is 0 Å². The summed E-state index contributed by atoms with van der Waals surface area (Å²) in [6, 6.07) is 4.30. The van der Waals surface area contributed by atoms with E-state index < -0.39 is 0 Å². The Morgan fingerprint density at radius 2 is 2.05 bits per heavy atom. The van der Waals surface area contributed by atoms with Crippen LogP contribution >= 0.6 is 0 Å². The summed E-state index contributed by atoms with van der Waals surface area (Å²) in [6.45, 7) is 7.31. The third-order valence-electron chi connectivity index (χ3n) is 3.47. The van der Waals surface area contributed by atoms with Crippen molar-refractivity contribution in [2.75, 3.05) is 14.2 Å². The molecule has 0 aliphatic carbocycles. The summed E-state index contributed by atoms with van der Waals surface area (Å²) in [4.78, 5) is 0. The summed E-state index contributed by atoms with van der Waals surface area (Å²) >= 11 is 0. The highest BCUT2D eigenvalue weighted by Crippen LogP contribution is 2.37. The number of fused-ring (bicyclic) bond motifs is 1. The molecule has 0 saturated carbocycles. The number of benzene rings is 1. The average Bonchev–Trinajstić information content (AvgIpc) is 2.75. The summed E-state index contributed by atoms with van der Waals surface area (Å²) in [5.41, 5.74) is 3.44. The van der Waals surface area contributed by atoms with Crippen LogP contribution < -0.4 is 10.1 Å². The molecule has 104 valence electrons. The first-order chi connectivity index (χ1) is 9.12. The molecule has 3 nitrogen and oxygen atoms in total. The Labute approximate surface area is 114 Å². The number of rotatable bonds is 5. The summed E-state index contributed by atoms with van der Waals surface area (Å²) in [5.74, 6) is 2.28. The molecule has 0 amide bonds. The maximum Gasteiger partial charge on any atom is 0.176 e. The van der Waals surface area contributed by atoms with Crippen molar-refractivity contribution in [2.24, 2.45) is 0 Å². The van der Waals surface area contributed by atoms with Gasteiger partial charge in [0.2, 0.25) is 0 Å². The highest BCUT2D eigenvalue weighted by Gasteiger charge is 2.19. The van der Waals surface area contributed by atoms with Gasteiger partial charge in [0.05, 0.1) is 13.7 Å². The van der Waals surface area contributed by atoms with E-state index in [1.807, 2.05) is 7.05 Å². The molecule has 1 aromatic carbocycles. The number of hydrogen-bond acceptors (Lipinski definition) is 3. The highest BCUT2D eigenvalue weighted by molar-refractivity contribution is 5.88. The number of aryl methyl sites for hydroxylation is 1. The number of furan rings is 1. The van der Waals surface area contributed by atoms with Crippen LogP contribution in [-0.4, -0.2) is 14.2 Å². The van der Waals surface area contributed by atoms with Crippen LogP contribution in [0.1, 0.15) is 43.6 Å². The van der Waals surface area contributed by atoms with Crippen LogP contribution in [0.3, 0.4) is 0 Å². The summed E-state index contributed by atoms with van der Waals surface area (Å²) < 4.78 is 11.5. The minimum absolute atomic E-state index is 0.432. The first-order valence-corrected chi connectivity index (χ1v) is 6.89. The quantitative estimate of drug-likeness (QED) is 0.887. The van der Waals surface area contributed by atoms with Crippen LogP contribution in [0.5, 0.6) is 5.75 Å². The van der Waals surface area contributed by atoms with Crippen molar-refractivity contribution < 1.29 is 9.15 Å². The zero-order valence-corrected chi connectivity index (χ0v) is 12.5. The molecule has 0 atom stereocenters. The Kier molecular flexibility index (Phi) is 4.15. The highest BCUT2D eigenvalue weighted by atomic mass is 16.5. The van der Waals surface area contributed by atoms with Gasteiger partial charge >= 0.3 is 0 Å². The van der Waals surface area contributed by atoms with E-state index >= 15 is 0 Å². The van der Waals surface area contributed by atoms with Crippen LogP contribution in [0, 0.1) is 0 Å². The smallest absolute Gasteiger partial charge is 0.176 e. The van der Waals surface area contributed by atoms with Crippen molar-refractivity contribution in [3.05, 3.63) is 29.0 Å². The van der Waals surface area contributed by atoms with Gasteiger partial charge in [-0.3, -0.25) is 0 Å². The Balaban J connectivity index is 2.75. The van der Waals surface area contributed by atoms with E-state index in [-0.39, 0.29) is 0 Å². The fourth-order valence-corrected chi connectivity index (χ4v) is 2.57. The largest absolute Gasteiger partial charge is 0.493 e. The zero-order valence-electron chi connectivity index (χ0n) is 12.5. The van der Waals surface area contributed by atoms with Gasteiger partial charge < -0.3 is 14.5 Å². The molecule has 2 rings (SSSR count). The van der Waals surface area contributed by atoms with Crippen molar-refractivity contribution in [1.82, 2.24) is 5.32 Å². The van der Waals surface area contributed by atoms with Crippen molar-refractivity contribution >= 4 is 11.0 Å². The lowest BCUT2D eigenvalue weighted by atomic mass is 9.97. The van der Waals surface area contributed by atoms with E-state index in [9.17, 15) is 0 Å². The molecule has 3 heteroatoms. The van der Waals surface area contributed by atoms with Gasteiger partial charge in [-0.25, -0.2) is 0 Å². The summed E-state index contributed by atoms with van der Waals surface area (Å²) in [5, 5.41) is 4.36. The van der Waals surface area contributed by atoms with E-state index in [0.717, 1.165) is 30.1 Å². The standard InChI is InChI=1S/C16H23NO2/c1-6-11-7-12-15(10(2)3)14(9-17-4)19-16(12)13(8-11)18-5/h7-8,10,17H,6,9H2,1-5H3. The van der Waals surface area contributed by atoms with Crippen LogP contribution in [0.15, 0.2) is 16.5 Å². The normalized spacial score (nSPS) is 11.5. The Bertz CT molecular complexity index is 570. The van der Waals surface area contributed by atoms with Gasteiger partial charge in [-0.2, -0.15) is 0 Å². The third-order valence-corrected chi connectivity index (χ3v) is 3.47. The molecule has 0 radical (unpaired) electrons. The SMILES string of the molecule is CCc1cc(OC)c2oc(CNC)c(C(C)C)c2c1. The van der Waals surface area contributed by atoms with Gasteiger partial charge in [0, 0.05) is 10.9 Å². The van der Waals surface area contributed by atoms with Crippen LogP contribution in [-0.2, 0) is 13.0 Å². The van der Waals surface area contributed by atoms with E-state index in [0.29, 0.717) is 5.92 Å². The Hall–Kier alpha value is -1.48. The van der Waals surface area contributed by atoms with Crippen molar-refractivity contribution in [2.45, 2.75) is 39.7 Å². The van der Waals surface area contributed by atoms with E-state index in [1.54, 1.807) is 7.11 Å². The molecular formula is C16H23NO2. The van der Waals surface area contributed by atoms with Crippen LogP contribution in [0.4, 0.5) is 0 Å². The third kappa shape index (κ3) is 2.47. The Morgan fingerprint density at radius 3 is 2.58 bits per heavy atom. The molecule has 0 aliphatic heterocycles. The van der Waals surface area contributed by atoms with E-state index in [4.69, 9.17) is 9.15 Å². The topological polar surface area (TPSA) is 34.4 Å². The predicted molar refractivity (Wildman–Crippen MR) is 79.0 cm³/mol. The lowest BCUT2D eigenvalue weighted by Gasteiger charge is -2.07. The minimum atomic E-state index is 0.432. The van der Waals surface area contributed by atoms with E-state index in [2.05, 4.69) is 38.2 Å². The maximum atomic E-state index is 6.03. The molecule has 1 N–H and O–H groups in total. The van der Waals surface area contributed by atoms with Gasteiger partial charge in [-0.1, -0.05) is 20.8 Å². The fourth-order valence-electron chi connectivity index (χ4n) is 2.57. The number of hydrogen-bond donors (Lipinski definition) is 1. The summed E-state index contributed by atoms with van der Waals surface area (Å²) in [6.07, 6.45) is 0.996. The predicted octanol–water partition coefficient (Wildman–Crippen LogP) is 3.85. The molecule has 2 aromatic rings. The number of methoxy groups -OCH3 is 1. The second-order valence-electron chi connectivity index (χ2n) is 5.15. The van der Waals surface area contributed by atoms with Gasteiger partial charge in [-0.15, -0.1) is 0 Å². The molecule has 0 spiro atoms. The summed E-state index contributed by atoms with van der Waals surface area (Å²) in [7, 11) is 3.63. The average molecular weight is 261 g/mol. The molecule has 19 heavy (non-hydrogen) atoms. The molecular weight excluding hydrogens is 238 g/mol. The van der Waals surface area contributed by atoms with Crippen molar-refractivity contribution in [3.8, 4) is 5.75 Å². The molecule has 0 fully saturated rings. The molecule has 0 bridgehead atoms. The zero-order chi connectivity index (χ0) is 14.0. The van der Waals surface area contributed by atoms with Gasteiger partial charge in [0.1, 0.15) is 5.76 Å². The second kappa shape index (κ2) is 5.66. The Morgan fingerprint density at radius 1 is 1.32 bits per heavy atom. The van der Waals surface area contributed by atoms with Crippen LogP contribution in [0.25, 0.3) is 11.0 Å². The van der Waals surface area contributed by atoms with Gasteiger partial charge in [-0.05, 0) is 37.1 Å². The second-order valence-corrected chi connectivity index (χ2v) is 5.15. The maximum absolute atomic E-state index is 6.03. The van der Waals surface area contributed by atoms with Gasteiger partial charge in [0.25, 0.3) is 0 Å². The molecule has 0 saturated heterocycles.